The zero-order valence-electron chi connectivity index (χ0n) is 15.5. The highest BCUT2D eigenvalue weighted by Crippen LogP contribution is 2.51. The van der Waals surface area contributed by atoms with Crippen molar-refractivity contribution in [3.05, 3.63) is 60.2 Å². The highest BCUT2D eigenvalue weighted by Gasteiger charge is 2.67. The van der Waals surface area contributed by atoms with E-state index in [-0.39, 0.29) is 5.75 Å². The van der Waals surface area contributed by atoms with E-state index in [0.29, 0.717) is 11.3 Å². The molecule has 0 aliphatic carbocycles. The summed E-state index contributed by atoms with van der Waals surface area (Å²) in [5, 5.41) is 13.4. The van der Waals surface area contributed by atoms with Gasteiger partial charge >= 0.3 is 5.97 Å². The van der Waals surface area contributed by atoms with Crippen LogP contribution < -0.4 is 10.2 Å². The van der Waals surface area contributed by atoms with Gasteiger partial charge in [0.05, 0.1) is 24.6 Å². The van der Waals surface area contributed by atoms with Gasteiger partial charge in [-0.1, -0.05) is 36.4 Å². The summed E-state index contributed by atoms with van der Waals surface area (Å²) in [5.74, 6) is -3.29. The van der Waals surface area contributed by atoms with E-state index in [9.17, 15) is 19.5 Å². The lowest BCUT2D eigenvalue weighted by atomic mass is 9.80. The van der Waals surface area contributed by atoms with Gasteiger partial charge in [0.1, 0.15) is 11.3 Å². The second-order valence-corrected chi connectivity index (χ2v) is 7.23. The maximum absolute atomic E-state index is 13.3. The molecule has 2 unspecified atom stereocenters. The molecule has 2 aliphatic heterocycles. The number of imide groups is 1. The normalized spacial score (nSPS) is 29.1. The Balaban J connectivity index is 1.85. The van der Waals surface area contributed by atoms with Crippen molar-refractivity contribution in [3.63, 3.8) is 0 Å². The number of methoxy groups -OCH3 is 1. The molecule has 7 heteroatoms. The van der Waals surface area contributed by atoms with Crippen LogP contribution in [0.2, 0.25) is 0 Å². The van der Waals surface area contributed by atoms with E-state index >= 15 is 0 Å². The molecule has 28 heavy (non-hydrogen) atoms. The standard InChI is InChI=1S/C21H20N2O5/c1-21(20(27)28-2)16-15(17(22-21)13-10-6-7-11-14(13)24)18(25)23(19(16)26)12-8-4-3-5-9-12/h3-11,15-17,22,24H,1-2H3/t15?,16?,17-,21+/m0/s1. The van der Waals surface area contributed by atoms with Gasteiger partial charge in [0, 0.05) is 11.6 Å². The Morgan fingerprint density at radius 2 is 1.71 bits per heavy atom. The molecule has 0 saturated carbocycles. The minimum atomic E-state index is -1.40. The van der Waals surface area contributed by atoms with Crippen molar-refractivity contribution in [2.24, 2.45) is 11.8 Å². The molecular weight excluding hydrogens is 360 g/mol. The number of hydrogen-bond acceptors (Lipinski definition) is 6. The Kier molecular flexibility index (Phi) is 4.19. The highest BCUT2D eigenvalue weighted by atomic mass is 16.5. The molecule has 7 nitrogen and oxygen atoms in total. The Bertz CT molecular complexity index is 960. The van der Waals surface area contributed by atoms with Crippen molar-refractivity contribution < 1.29 is 24.2 Å². The second-order valence-electron chi connectivity index (χ2n) is 7.23. The molecule has 0 radical (unpaired) electrons. The summed E-state index contributed by atoms with van der Waals surface area (Å²) in [6, 6.07) is 14.5. The molecule has 0 spiro atoms. The lowest BCUT2D eigenvalue weighted by Crippen LogP contribution is -2.54. The van der Waals surface area contributed by atoms with Crippen LogP contribution in [0.5, 0.6) is 5.75 Å². The predicted molar refractivity (Wildman–Crippen MR) is 100 cm³/mol. The summed E-state index contributed by atoms with van der Waals surface area (Å²) in [7, 11) is 1.24. The molecule has 2 saturated heterocycles. The molecule has 2 N–H and O–H groups in total. The van der Waals surface area contributed by atoms with Gasteiger partial charge in [-0.25, -0.2) is 4.90 Å². The first kappa shape index (κ1) is 18.2. The Morgan fingerprint density at radius 1 is 1.07 bits per heavy atom. The number of ether oxygens (including phenoxy) is 1. The summed E-state index contributed by atoms with van der Waals surface area (Å²) >= 11 is 0. The number of anilines is 1. The van der Waals surface area contributed by atoms with Gasteiger partial charge in [0.25, 0.3) is 0 Å². The average Bonchev–Trinajstić information content (AvgIpc) is 3.16. The number of phenols is 1. The summed E-state index contributed by atoms with van der Waals surface area (Å²) in [4.78, 5) is 40.3. The number of rotatable bonds is 3. The van der Waals surface area contributed by atoms with Gasteiger partial charge in [-0.05, 0) is 25.1 Å². The third-order valence-corrected chi connectivity index (χ3v) is 5.68. The lowest BCUT2D eigenvalue weighted by Gasteiger charge is -2.28. The number of carbonyl (C=O) groups excluding carboxylic acids is 3. The number of nitrogens with one attached hydrogen (secondary N) is 1. The number of para-hydroxylation sites is 2. The van der Waals surface area contributed by atoms with Crippen LogP contribution in [0.15, 0.2) is 54.6 Å². The topological polar surface area (TPSA) is 95.9 Å². The average molecular weight is 380 g/mol. The second kappa shape index (κ2) is 6.45. The Morgan fingerprint density at radius 3 is 2.36 bits per heavy atom. The van der Waals surface area contributed by atoms with Crippen molar-refractivity contribution in [1.82, 2.24) is 5.32 Å². The molecule has 0 bridgehead atoms. The smallest absolute Gasteiger partial charge is 0.326 e. The van der Waals surface area contributed by atoms with Crippen LogP contribution >= 0.6 is 0 Å². The number of carbonyl (C=O) groups is 3. The van der Waals surface area contributed by atoms with Gasteiger partial charge in [0.2, 0.25) is 11.8 Å². The lowest BCUT2D eigenvalue weighted by molar-refractivity contribution is -0.151. The van der Waals surface area contributed by atoms with Crippen LogP contribution in [-0.2, 0) is 19.1 Å². The summed E-state index contributed by atoms with van der Waals surface area (Å²) in [6.45, 7) is 1.57. The fourth-order valence-electron chi connectivity index (χ4n) is 4.39. The number of esters is 1. The predicted octanol–water partition coefficient (Wildman–Crippen LogP) is 1.77. The molecule has 144 valence electrons. The molecule has 2 aromatic rings. The minimum absolute atomic E-state index is 0.00808. The van der Waals surface area contributed by atoms with Crippen molar-refractivity contribution in [2.45, 2.75) is 18.5 Å². The van der Waals surface area contributed by atoms with Crippen LogP contribution in [0.3, 0.4) is 0 Å². The zero-order valence-corrected chi connectivity index (χ0v) is 15.5. The van der Waals surface area contributed by atoms with E-state index < -0.39 is 41.2 Å². The van der Waals surface area contributed by atoms with E-state index in [4.69, 9.17) is 4.74 Å². The SMILES string of the molecule is COC(=O)[C@]1(C)N[C@@H](c2ccccc2O)C2C(=O)N(c3ccccc3)C(=O)C21. The zero-order chi connectivity index (χ0) is 20.1. The Labute approximate surface area is 161 Å². The van der Waals surface area contributed by atoms with Crippen molar-refractivity contribution >= 4 is 23.5 Å². The van der Waals surface area contributed by atoms with Gasteiger partial charge < -0.3 is 9.84 Å². The van der Waals surface area contributed by atoms with Crippen molar-refractivity contribution in [1.29, 1.82) is 0 Å². The summed E-state index contributed by atoms with van der Waals surface area (Å²) in [6.07, 6.45) is 0. The third kappa shape index (κ3) is 2.43. The monoisotopic (exact) mass is 380 g/mol. The molecule has 2 amide bonds. The van der Waals surface area contributed by atoms with Gasteiger partial charge in [-0.3, -0.25) is 19.7 Å². The number of nitrogens with zero attached hydrogens (tertiary/aromatic N) is 1. The van der Waals surface area contributed by atoms with E-state index in [2.05, 4.69) is 5.32 Å². The molecule has 2 fully saturated rings. The Hall–Kier alpha value is -3.19. The number of fused-ring (bicyclic) bond motifs is 1. The molecule has 4 atom stereocenters. The fraction of sp³-hybridized carbons (Fsp3) is 0.286. The van der Waals surface area contributed by atoms with E-state index in [0.717, 1.165) is 4.90 Å². The highest BCUT2D eigenvalue weighted by molar-refractivity contribution is 6.24. The van der Waals surface area contributed by atoms with E-state index in [1.165, 1.54) is 13.2 Å². The molecule has 2 heterocycles. The molecule has 4 rings (SSSR count). The number of aromatic hydroxyl groups is 1. The maximum atomic E-state index is 13.3. The van der Waals surface area contributed by atoms with Crippen LogP contribution in [0.25, 0.3) is 0 Å². The van der Waals surface area contributed by atoms with Gasteiger partial charge in [-0.2, -0.15) is 0 Å². The first-order chi connectivity index (χ1) is 13.4. The van der Waals surface area contributed by atoms with Crippen molar-refractivity contribution in [3.8, 4) is 5.75 Å². The maximum Gasteiger partial charge on any atom is 0.326 e. The van der Waals surface area contributed by atoms with Crippen molar-refractivity contribution in [2.75, 3.05) is 12.0 Å². The molecular formula is C21H20N2O5. The number of amides is 2. The van der Waals surface area contributed by atoms with Gasteiger partial charge in [-0.15, -0.1) is 0 Å². The van der Waals surface area contributed by atoms with Crippen LogP contribution in [0.1, 0.15) is 18.5 Å². The largest absolute Gasteiger partial charge is 0.508 e. The first-order valence-electron chi connectivity index (χ1n) is 8.97. The third-order valence-electron chi connectivity index (χ3n) is 5.68. The molecule has 2 aliphatic rings. The molecule has 0 aromatic heterocycles. The number of hydrogen-bond donors (Lipinski definition) is 2. The minimum Gasteiger partial charge on any atom is -0.508 e. The van der Waals surface area contributed by atoms with E-state index in [1.54, 1.807) is 55.5 Å². The summed E-state index contributed by atoms with van der Waals surface area (Å²) < 4.78 is 4.94. The first-order valence-corrected chi connectivity index (χ1v) is 8.97. The fourth-order valence-corrected chi connectivity index (χ4v) is 4.39. The van der Waals surface area contributed by atoms with E-state index in [1.807, 2.05) is 0 Å². The molecule has 2 aromatic carbocycles. The van der Waals surface area contributed by atoms with Crippen LogP contribution in [0, 0.1) is 11.8 Å². The number of benzene rings is 2. The summed E-state index contributed by atoms with van der Waals surface area (Å²) in [5.41, 5.74) is -0.487. The van der Waals surface area contributed by atoms with Crippen LogP contribution in [0.4, 0.5) is 5.69 Å². The van der Waals surface area contributed by atoms with Crippen LogP contribution in [-0.4, -0.2) is 35.5 Å². The number of phenolic OH excluding ortho intramolecular Hbond substituents is 1. The quantitative estimate of drug-likeness (QED) is 0.622. The van der Waals surface area contributed by atoms with Gasteiger partial charge in [0.15, 0.2) is 0 Å².